The van der Waals surface area contributed by atoms with Crippen molar-refractivity contribution in [1.82, 2.24) is 5.32 Å². The number of hydrogen-bond acceptors (Lipinski definition) is 2. The molecule has 0 saturated heterocycles. The van der Waals surface area contributed by atoms with Crippen LogP contribution in [0.25, 0.3) is 0 Å². The van der Waals surface area contributed by atoms with Crippen LogP contribution in [0.2, 0.25) is 0 Å². The second-order valence-electron chi connectivity index (χ2n) is 5.07. The van der Waals surface area contributed by atoms with Gasteiger partial charge in [0.15, 0.2) is 0 Å². The van der Waals surface area contributed by atoms with Gasteiger partial charge >= 0.3 is 0 Å². The largest absolute Gasteiger partial charge is 0.354 e. The summed E-state index contributed by atoms with van der Waals surface area (Å²) in [6.45, 7) is 2.52. The summed E-state index contributed by atoms with van der Waals surface area (Å²) in [4.78, 5) is 25.1. The number of benzene rings is 1. The zero-order chi connectivity index (χ0) is 14.5. The van der Waals surface area contributed by atoms with E-state index in [-0.39, 0.29) is 17.7 Å². The molecule has 1 saturated carbocycles. The van der Waals surface area contributed by atoms with Gasteiger partial charge in [-0.3, -0.25) is 9.59 Å². The molecule has 4 nitrogen and oxygen atoms in total. The average Bonchev–Trinajstić information content (AvgIpc) is 2.33. The Labute approximate surface area is 127 Å². The first kappa shape index (κ1) is 15.0. The number of anilines is 1. The summed E-state index contributed by atoms with van der Waals surface area (Å²) in [5, 5.41) is 2.91. The molecular weight excluding hydrogens is 320 g/mol. The molecule has 2 amide bonds. The maximum absolute atomic E-state index is 11.7. The highest BCUT2D eigenvalue weighted by Crippen LogP contribution is 2.26. The predicted octanol–water partition coefficient (Wildman–Crippen LogP) is 2.72. The van der Waals surface area contributed by atoms with Crippen LogP contribution in [0.1, 0.15) is 26.2 Å². The van der Waals surface area contributed by atoms with Crippen LogP contribution in [-0.4, -0.2) is 24.9 Å². The zero-order valence-electron chi connectivity index (χ0n) is 11.6. The first-order valence-electron chi connectivity index (χ1n) is 6.89. The minimum absolute atomic E-state index is 0.0229. The minimum Gasteiger partial charge on any atom is -0.354 e. The lowest BCUT2D eigenvalue weighted by Crippen LogP contribution is -2.41. The van der Waals surface area contributed by atoms with Gasteiger partial charge in [-0.1, -0.05) is 22.4 Å². The molecule has 1 N–H and O–H groups in total. The van der Waals surface area contributed by atoms with Crippen LogP contribution in [0.3, 0.4) is 0 Å². The van der Waals surface area contributed by atoms with Gasteiger partial charge < -0.3 is 10.2 Å². The molecule has 1 aromatic carbocycles. The summed E-state index contributed by atoms with van der Waals surface area (Å²) >= 11 is 3.37. The van der Waals surface area contributed by atoms with Gasteiger partial charge in [0.2, 0.25) is 11.8 Å². The Kier molecular flexibility index (Phi) is 5.17. The van der Waals surface area contributed by atoms with E-state index in [9.17, 15) is 9.59 Å². The van der Waals surface area contributed by atoms with Gasteiger partial charge in [-0.2, -0.15) is 0 Å². The molecule has 2 rings (SSSR count). The lowest BCUT2D eigenvalue weighted by molar-refractivity contribution is -0.127. The monoisotopic (exact) mass is 338 g/mol. The Balaban J connectivity index is 1.87. The summed E-state index contributed by atoms with van der Waals surface area (Å²) in [5.41, 5.74) is 0.846. The van der Waals surface area contributed by atoms with Crippen LogP contribution in [-0.2, 0) is 9.59 Å². The molecule has 0 bridgehead atoms. The molecule has 0 atom stereocenters. The lowest BCUT2D eigenvalue weighted by atomic mass is 9.85. The molecule has 5 heteroatoms. The van der Waals surface area contributed by atoms with Crippen molar-refractivity contribution in [1.29, 1.82) is 0 Å². The second kappa shape index (κ2) is 6.88. The summed E-state index contributed by atoms with van der Waals surface area (Å²) < 4.78 is 0.975. The van der Waals surface area contributed by atoms with Gasteiger partial charge in [-0.25, -0.2) is 0 Å². The van der Waals surface area contributed by atoms with E-state index in [0.29, 0.717) is 13.1 Å². The number of carbonyl (C=O) groups is 2. The van der Waals surface area contributed by atoms with E-state index in [1.807, 2.05) is 24.3 Å². The SMILES string of the molecule is CC(=O)N(CCNC(=O)C1CCC1)c1ccc(Br)cc1. The number of carbonyl (C=O) groups excluding carboxylic acids is 2. The third kappa shape index (κ3) is 3.82. The molecule has 0 heterocycles. The van der Waals surface area contributed by atoms with E-state index in [1.165, 1.54) is 6.92 Å². The molecule has 20 heavy (non-hydrogen) atoms. The normalized spacial score (nSPS) is 14.5. The Morgan fingerprint density at radius 1 is 1.30 bits per heavy atom. The van der Waals surface area contributed by atoms with Crippen molar-refractivity contribution in [2.75, 3.05) is 18.0 Å². The molecule has 0 spiro atoms. The van der Waals surface area contributed by atoms with Gasteiger partial charge in [0, 0.05) is 36.1 Å². The number of nitrogens with zero attached hydrogens (tertiary/aromatic N) is 1. The summed E-state index contributed by atoms with van der Waals surface area (Å²) in [7, 11) is 0. The van der Waals surface area contributed by atoms with Crippen molar-refractivity contribution >= 4 is 33.4 Å². The van der Waals surface area contributed by atoms with E-state index in [0.717, 1.165) is 29.4 Å². The van der Waals surface area contributed by atoms with Crippen molar-refractivity contribution in [3.8, 4) is 0 Å². The Morgan fingerprint density at radius 2 is 1.95 bits per heavy atom. The minimum atomic E-state index is -0.0229. The van der Waals surface area contributed by atoms with E-state index < -0.39 is 0 Å². The van der Waals surface area contributed by atoms with Crippen LogP contribution >= 0.6 is 15.9 Å². The molecular formula is C15H19BrN2O2. The van der Waals surface area contributed by atoms with E-state index in [4.69, 9.17) is 0 Å². The highest BCUT2D eigenvalue weighted by Gasteiger charge is 2.24. The van der Waals surface area contributed by atoms with Crippen molar-refractivity contribution in [3.05, 3.63) is 28.7 Å². The quantitative estimate of drug-likeness (QED) is 0.897. The number of amides is 2. The number of halogens is 1. The zero-order valence-corrected chi connectivity index (χ0v) is 13.1. The van der Waals surface area contributed by atoms with Gasteiger partial charge in [-0.15, -0.1) is 0 Å². The van der Waals surface area contributed by atoms with Crippen LogP contribution in [0.5, 0.6) is 0 Å². The van der Waals surface area contributed by atoms with Gasteiger partial charge in [0.25, 0.3) is 0 Å². The highest BCUT2D eigenvalue weighted by molar-refractivity contribution is 9.10. The maximum Gasteiger partial charge on any atom is 0.223 e. The average molecular weight is 339 g/mol. The predicted molar refractivity (Wildman–Crippen MR) is 82.5 cm³/mol. The molecule has 108 valence electrons. The van der Waals surface area contributed by atoms with Gasteiger partial charge in [0.05, 0.1) is 0 Å². The van der Waals surface area contributed by atoms with Gasteiger partial charge in [0.1, 0.15) is 0 Å². The van der Waals surface area contributed by atoms with Crippen molar-refractivity contribution in [3.63, 3.8) is 0 Å². The lowest BCUT2D eigenvalue weighted by Gasteiger charge is -2.25. The molecule has 0 aliphatic heterocycles. The third-order valence-corrected chi connectivity index (χ3v) is 4.16. The third-order valence-electron chi connectivity index (χ3n) is 3.63. The molecule has 0 unspecified atom stereocenters. The first-order chi connectivity index (χ1) is 9.58. The Hall–Kier alpha value is -1.36. The Bertz CT molecular complexity index is 483. The van der Waals surface area contributed by atoms with E-state index >= 15 is 0 Å². The summed E-state index contributed by atoms with van der Waals surface area (Å²) in [5.74, 6) is 0.286. The second-order valence-corrected chi connectivity index (χ2v) is 5.98. The number of rotatable bonds is 5. The molecule has 0 aromatic heterocycles. The standard InChI is InChI=1S/C15H19BrN2O2/c1-11(19)18(14-7-5-13(16)6-8-14)10-9-17-15(20)12-3-2-4-12/h5-8,12H,2-4,9-10H2,1H3,(H,17,20). The molecule has 1 aliphatic carbocycles. The number of hydrogen-bond donors (Lipinski definition) is 1. The van der Waals surface area contributed by atoms with Crippen LogP contribution in [0.4, 0.5) is 5.69 Å². The molecule has 1 aromatic rings. The van der Waals surface area contributed by atoms with Crippen molar-refractivity contribution < 1.29 is 9.59 Å². The first-order valence-corrected chi connectivity index (χ1v) is 7.68. The van der Waals surface area contributed by atoms with Crippen molar-refractivity contribution in [2.24, 2.45) is 5.92 Å². The van der Waals surface area contributed by atoms with Crippen LogP contribution < -0.4 is 10.2 Å². The molecule has 1 aliphatic rings. The smallest absolute Gasteiger partial charge is 0.223 e. The number of nitrogens with one attached hydrogen (secondary N) is 1. The molecule has 1 fully saturated rings. The fraction of sp³-hybridized carbons (Fsp3) is 0.467. The van der Waals surface area contributed by atoms with Crippen LogP contribution in [0.15, 0.2) is 28.7 Å². The van der Waals surface area contributed by atoms with E-state index in [2.05, 4.69) is 21.2 Å². The van der Waals surface area contributed by atoms with Crippen LogP contribution in [0, 0.1) is 5.92 Å². The van der Waals surface area contributed by atoms with E-state index in [1.54, 1.807) is 4.90 Å². The fourth-order valence-corrected chi connectivity index (χ4v) is 2.46. The molecule has 0 radical (unpaired) electrons. The summed E-state index contributed by atoms with van der Waals surface area (Å²) in [6.07, 6.45) is 3.14. The Morgan fingerprint density at radius 3 is 2.45 bits per heavy atom. The summed E-state index contributed by atoms with van der Waals surface area (Å²) in [6, 6.07) is 7.58. The van der Waals surface area contributed by atoms with Gasteiger partial charge in [-0.05, 0) is 37.1 Å². The van der Waals surface area contributed by atoms with Crippen molar-refractivity contribution in [2.45, 2.75) is 26.2 Å². The highest BCUT2D eigenvalue weighted by atomic mass is 79.9. The fourth-order valence-electron chi connectivity index (χ4n) is 2.20. The maximum atomic E-state index is 11.7. The topological polar surface area (TPSA) is 49.4 Å².